The van der Waals surface area contributed by atoms with E-state index in [1.807, 2.05) is 0 Å². The van der Waals surface area contributed by atoms with Gasteiger partial charge in [0, 0.05) is 25.1 Å². The molecule has 1 unspecified atom stereocenters. The van der Waals surface area contributed by atoms with Gasteiger partial charge < -0.3 is 18.8 Å². The second-order valence-corrected chi connectivity index (χ2v) is 6.07. The Hall–Kier alpha value is -2.05. The summed E-state index contributed by atoms with van der Waals surface area (Å²) < 4.78 is 16.4. The number of carbonyl (C=O) groups is 1. The van der Waals surface area contributed by atoms with Crippen molar-refractivity contribution in [2.45, 2.75) is 32.6 Å². The number of hydrogen-bond donors (Lipinski definition) is 0. The summed E-state index contributed by atoms with van der Waals surface area (Å²) in [7, 11) is 1.59. The van der Waals surface area contributed by atoms with Crippen LogP contribution in [0.2, 0.25) is 5.02 Å². The zero-order valence-corrected chi connectivity index (χ0v) is 14.4. The molecule has 24 heavy (non-hydrogen) atoms. The fourth-order valence-corrected chi connectivity index (χ4v) is 2.86. The minimum atomic E-state index is -0.602. The Morgan fingerprint density at radius 3 is 3.08 bits per heavy atom. The molecule has 1 aromatic heterocycles. The van der Waals surface area contributed by atoms with Crippen molar-refractivity contribution in [3.63, 3.8) is 0 Å². The summed E-state index contributed by atoms with van der Waals surface area (Å²) in [6.45, 7) is 3.06. The van der Waals surface area contributed by atoms with E-state index in [9.17, 15) is 4.79 Å². The van der Waals surface area contributed by atoms with Crippen molar-refractivity contribution in [2.24, 2.45) is 0 Å². The lowest BCUT2D eigenvalue weighted by atomic mass is 10.1. The van der Waals surface area contributed by atoms with Gasteiger partial charge in [0.1, 0.15) is 23.8 Å². The van der Waals surface area contributed by atoms with Gasteiger partial charge in [-0.3, -0.25) is 4.79 Å². The standard InChI is InChI=1S/C17H19ClN2O4/c1-11(23-13-5-3-4-12(18)8-13)17(21)20-7-6-15-14(9-20)19-16(24-15)10-22-2/h3-5,8,11H,6-7,9-10H2,1-2H3. The normalized spacial score (nSPS) is 15.0. The van der Waals surface area contributed by atoms with Crippen molar-refractivity contribution in [3.8, 4) is 5.75 Å². The molecule has 0 N–H and O–H groups in total. The van der Waals surface area contributed by atoms with Gasteiger partial charge in [0.2, 0.25) is 5.89 Å². The Bertz CT molecular complexity index is 731. The molecular weight excluding hydrogens is 332 g/mol. The molecule has 6 nitrogen and oxygen atoms in total. The highest BCUT2D eigenvalue weighted by atomic mass is 35.5. The van der Waals surface area contributed by atoms with Gasteiger partial charge in [-0.1, -0.05) is 17.7 Å². The van der Waals surface area contributed by atoms with Crippen LogP contribution in [0.4, 0.5) is 0 Å². The Balaban J connectivity index is 1.64. The number of halogens is 1. The van der Waals surface area contributed by atoms with E-state index in [-0.39, 0.29) is 5.91 Å². The van der Waals surface area contributed by atoms with Crippen LogP contribution in [-0.4, -0.2) is 35.5 Å². The van der Waals surface area contributed by atoms with Gasteiger partial charge in [0.05, 0.1) is 6.54 Å². The van der Waals surface area contributed by atoms with E-state index in [1.54, 1.807) is 43.2 Å². The third kappa shape index (κ3) is 3.71. The minimum Gasteiger partial charge on any atom is -0.481 e. The van der Waals surface area contributed by atoms with Gasteiger partial charge in [0.15, 0.2) is 6.10 Å². The molecule has 0 bridgehead atoms. The monoisotopic (exact) mass is 350 g/mol. The number of nitrogens with zero attached hydrogens (tertiary/aromatic N) is 2. The Morgan fingerprint density at radius 1 is 1.50 bits per heavy atom. The maximum absolute atomic E-state index is 12.6. The lowest BCUT2D eigenvalue weighted by Gasteiger charge is -2.28. The molecule has 1 amide bonds. The first-order chi connectivity index (χ1) is 11.6. The summed E-state index contributed by atoms with van der Waals surface area (Å²) in [5, 5.41) is 0.572. The third-order valence-corrected chi connectivity index (χ3v) is 4.04. The van der Waals surface area contributed by atoms with Crippen LogP contribution < -0.4 is 4.74 Å². The van der Waals surface area contributed by atoms with Crippen LogP contribution in [0.25, 0.3) is 0 Å². The molecule has 0 saturated heterocycles. The van der Waals surface area contributed by atoms with E-state index < -0.39 is 6.10 Å². The number of hydrogen-bond acceptors (Lipinski definition) is 5. The molecule has 0 radical (unpaired) electrons. The minimum absolute atomic E-state index is 0.0862. The van der Waals surface area contributed by atoms with Crippen LogP contribution in [-0.2, 0) is 29.1 Å². The van der Waals surface area contributed by atoms with Crippen molar-refractivity contribution >= 4 is 17.5 Å². The number of rotatable bonds is 5. The fourth-order valence-electron chi connectivity index (χ4n) is 2.68. The van der Waals surface area contributed by atoms with Crippen LogP contribution in [0.5, 0.6) is 5.75 Å². The summed E-state index contributed by atoms with van der Waals surface area (Å²) >= 11 is 5.94. The summed E-state index contributed by atoms with van der Waals surface area (Å²) in [6.07, 6.45) is 0.0390. The molecule has 1 aliphatic rings. The van der Waals surface area contributed by atoms with Gasteiger partial charge in [-0.05, 0) is 25.1 Å². The van der Waals surface area contributed by atoms with Crippen LogP contribution in [0.15, 0.2) is 28.7 Å². The smallest absolute Gasteiger partial charge is 0.263 e. The number of methoxy groups -OCH3 is 1. The SMILES string of the molecule is COCc1nc2c(o1)CCN(C(=O)C(C)Oc1cccc(Cl)c1)C2. The average Bonchev–Trinajstić information content (AvgIpc) is 2.96. The number of benzene rings is 1. The molecule has 2 aromatic rings. The molecule has 0 fully saturated rings. The highest BCUT2D eigenvalue weighted by molar-refractivity contribution is 6.30. The summed E-state index contributed by atoms with van der Waals surface area (Å²) in [4.78, 5) is 18.7. The van der Waals surface area contributed by atoms with Crippen molar-refractivity contribution in [3.05, 3.63) is 46.6 Å². The van der Waals surface area contributed by atoms with E-state index in [0.29, 0.717) is 42.8 Å². The van der Waals surface area contributed by atoms with Gasteiger partial charge in [0.25, 0.3) is 5.91 Å². The number of fused-ring (bicyclic) bond motifs is 1. The summed E-state index contributed by atoms with van der Waals surface area (Å²) in [5.41, 5.74) is 0.789. The van der Waals surface area contributed by atoms with Gasteiger partial charge in [-0.2, -0.15) is 0 Å². The lowest BCUT2D eigenvalue weighted by molar-refractivity contribution is -0.139. The van der Waals surface area contributed by atoms with Gasteiger partial charge >= 0.3 is 0 Å². The second-order valence-electron chi connectivity index (χ2n) is 5.64. The molecule has 0 spiro atoms. The molecule has 0 aliphatic carbocycles. The van der Waals surface area contributed by atoms with E-state index in [4.69, 9.17) is 25.5 Å². The van der Waals surface area contributed by atoms with Gasteiger partial charge in [-0.15, -0.1) is 0 Å². The van der Waals surface area contributed by atoms with Gasteiger partial charge in [-0.25, -0.2) is 4.98 Å². The zero-order chi connectivity index (χ0) is 17.1. The number of carbonyl (C=O) groups excluding carboxylic acids is 1. The Morgan fingerprint density at radius 2 is 2.33 bits per heavy atom. The maximum atomic E-state index is 12.6. The predicted molar refractivity (Wildman–Crippen MR) is 87.9 cm³/mol. The van der Waals surface area contributed by atoms with Crippen LogP contribution in [0, 0.1) is 0 Å². The largest absolute Gasteiger partial charge is 0.481 e. The Kier molecular flexibility index (Phi) is 5.06. The Labute approximate surface area is 145 Å². The summed E-state index contributed by atoms with van der Waals surface area (Å²) in [5.74, 6) is 1.86. The van der Waals surface area contributed by atoms with Crippen molar-refractivity contribution in [1.29, 1.82) is 0 Å². The highest BCUT2D eigenvalue weighted by Crippen LogP contribution is 2.22. The van der Waals surface area contributed by atoms with Crippen molar-refractivity contribution in [2.75, 3.05) is 13.7 Å². The molecule has 1 aromatic carbocycles. The molecule has 0 saturated carbocycles. The zero-order valence-electron chi connectivity index (χ0n) is 13.6. The van der Waals surface area contributed by atoms with Crippen molar-refractivity contribution < 1.29 is 18.7 Å². The number of oxazole rings is 1. The first kappa shape index (κ1) is 16.8. The molecule has 2 heterocycles. The molecule has 1 atom stereocenters. The van der Waals surface area contributed by atoms with E-state index in [0.717, 1.165) is 11.5 Å². The maximum Gasteiger partial charge on any atom is 0.263 e. The van der Waals surface area contributed by atoms with Crippen molar-refractivity contribution in [1.82, 2.24) is 9.88 Å². The number of ether oxygens (including phenoxy) is 2. The molecule has 128 valence electrons. The molecule has 7 heteroatoms. The third-order valence-electron chi connectivity index (χ3n) is 3.81. The quantitative estimate of drug-likeness (QED) is 0.829. The predicted octanol–water partition coefficient (Wildman–Crippen LogP) is 2.83. The van der Waals surface area contributed by atoms with E-state index in [1.165, 1.54) is 0 Å². The van der Waals surface area contributed by atoms with E-state index in [2.05, 4.69) is 4.98 Å². The van der Waals surface area contributed by atoms with E-state index >= 15 is 0 Å². The fraction of sp³-hybridized carbons (Fsp3) is 0.412. The first-order valence-corrected chi connectivity index (χ1v) is 8.12. The van der Waals surface area contributed by atoms with Crippen LogP contribution >= 0.6 is 11.6 Å². The number of amides is 1. The van der Waals surface area contributed by atoms with Crippen LogP contribution in [0.3, 0.4) is 0 Å². The second kappa shape index (κ2) is 7.23. The number of aromatic nitrogens is 1. The first-order valence-electron chi connectivity index (χ1n) is 7.74. The average molecular weight is 351 g/mol. The molecule has 1 aliphatic heterocycles. The highest BCUT2D eigenvalue weighted by Gasteiger charge is 2.29. The topological polar surface area (TPSA) is 64.8 Å². The molecule has 3 rings (SSSR count). The van der Waals surface area contributed by atoms with Crippen LogP contribution in [0.1, 0.15) is 24.3 Å². The molecular formula is C17H19ClN2O4. The summed E-state index contributed by atoms with van der Waals surface area (Å²) in [6, 6.07) is 7.01. The lowest BCUT2D eigenvalue weighted by Crippen LogP contribution is -2.43.